The van der Waals surface area contributed by atoms with Crippen LogP contribution in [0.5, 0.6) is 5.75 Å². The highest BCUT2D eigenvalue weighted by atomic mass is 32.2. The van der Waals surface area contributed by atoms with Crippen LogP contribution in [-0.4, -0.2) is 57.2 Å². The standard InChI is InChI=1S/C30H39N5O5S/c1-4-6-7-11-15-27-31-22(3)28-30(37)32-29(33-35(27)28)25-20-24(16-17-26(25)40-5-2)41(38,39)34(18-12-19-36)21-23-13-9-8-10-14-23/h8-10,13-14,16-17,20,36H,4-7,11-12,15,18-19,21H2,1-3H3,(H,32,33,37). The molecule has 0 spiro atoms. The topological polar surface area (TPSA) is 130 Å². The highest BCUT2D eigenvalue weighted by molar-refractivity contribution is 7.89. The summed E-state index contributed by atoms with van der Waals surface area (Å²) in [6, 6.07) is 13.9. The lowest BCUT2D eigenvalue weighted by molar-refractivity contribution is 0.267. The highest BCUT2D eigenvalue weighted by Crippen LogP contribution is 2.32. The molecule has 11 heteroatoms. The number of H-pyrrole nitrogens is 1. The Morgan fingerprint density at radius 1 is 1.05 bits per heavy atom. The molecule has 2 N–H and O–H groups in total. The lowest BCUT2D eigenvalue weighted by Crippen LogP contribution is -2.32. The number of benzene rings is 2. The van der Waals surface area contributed by atoms with Crippen molar-refractivity contribution in [1.29, 1.82) is 0 Å². The number of unbranched alkanes of at least 4 members (excludes halogenated alkanes) is 3. The van der Waals surface area contributed by atoms with Crippen LogP contribution in [0.4, 0.5) is 0 Å². The Kier molecular flexibility index (Phi) is 10.3. The van der Waals surface area contributed by atoms with Crippen LogP contribution in [0.15, 0.2) is 58.2 Å². The Balaban J connectivity index is 1.79. The molecule has 4 rings (SSSR count). The summed E-state index contributed by atoms with van der Waals surface area (Å²) in [5.41, 5.74) is 1.80. The van der Waals surface area contributed by atoms with E-state index in [2.05, 4.69) is 16.9 Å². The van der Waals surface area contributed by atoms with E-state index in [1.54, 1.807) is 17.5 Å². The summed E-state index contributed by atoms with van der Waals surface area (Å²) in [6.45, 7) is 6.28. The van der Waals surface area contributed by atoms with Gasteiger partial charge >= 0.3 is 0 Å². The molecule has 0 atom stereocenters. The summed E-state index contributed by atoms with van der Waals surface area (Å²) in [5, 5.41) is 14.2. The minimum atomic E-state index is -3.98. The average Bonchev–Trinajstić information content (AvgIpc) is 3.29. The van der Waals surface area contributed by atoms with Crippen LogP contribution in [-0.2, 0) is 23.0 Å². The number of ether oxygens (including phenoxy) is 1. The van der Waals surface area contributed by atoms with Gasteiger partial charge in [0.05, 0.1) is 22.8 Å². The smallest absolute Gasteiger partial charge is 0.277 e. The molecule has 0 amide bonds. The molecule has 220 valence electrons. The van der Waals surface area contributed by atoms with Crippen LogP contribution >= 0.6 is 0 Å². The number of aromatic amines is 1. The number of aromatic nitrogens is 4. The second kappa shape index (κ2) is 13.9. The first kappa shape index (κ1) is 30.4. The Bertz CT molecular complexity index is 1620. The van der Waals surface area contributed by atoms with Gasteiger partial charge in [-0.1, -0.05) is 56.5 Å². The number of aliphatic hydroxyl groups excluding tert-OH is 1. The second-order valence-corrected chi connectivity index (χ2v) is 11.9. The van der Waals surface area contributed by atoms with E-state index in [1.165, 1.54) is 16.4 Å². The van der Waals surface area contributed by atoms with Gasteiger partial charge in [0.1, 0.15) is 11.6 Å². The molecule has 0 bridgehead atoms. The maximum absolute atomic E-state index is 13.9. The van der Waals surface area contributed by atoms with Crippen molar-refractivity contribution in [3.05, 3.63) is 76.0 Å². The van der Waals surface area contributed by atoms with Crippen LogP contribution < -0.4 is 10.3 Å². The zero-order chi connectivity index (χ0) is 29.4. The molecule has 2 aromatic heterocycles. The molecule has 0 aliphatic heterocycles. The van der Waals surface area contributed by atoms with E-state index in [9.17, 15) is 18.3 Å². The van der Waals surface area contributed by atoms with Crippen molar-refractivity contribution >= 4 is 15.5 Å². The Morgan fingerprint density at radius 2 is 1.83 bits per heavy atom. The van der Waals surface area contributed by atoms with Crippen molar-refractivity contribution in [3.8, 4) is 17.1 Å². The Morgan fingerprint density at radius 3 is 2.54 bits per heavy atom. The molecule has 4 aromatic rings. The Hall–Kier alpha value is -3.54. The van der Waals surface area contributed by atoms with Gasteiger partial charge in [-0.05, 0) is 50.5 Å². The number of imidazole rings is 1. The van der Waals surface area contributed by atoms with Gasteiger partial charge in [-0.15, -0.1) is 5.10 Å². The molecule has 41 heavy (non-hydrogen) atoms. The van der Waals surface area contributed by atoms with Crippen molar-refractivity contribution in [1.82, 2.24) is 23.9 Å². The van der Waals surface area contributed by atoms with Crippen molar-refractivity contribution in [2.75, 3.05) is 19.8 Å². The second-order valence-electron chi connectivity index (χ2n) is 9.98. The van der Waals surface area contributed by atoms with Crippen LogP contribution in [0, 0.1) is 6.92 Å². The molecular formula is C30H39N5O5S. The SMILES string of the molecule is CCCCCCc1nc(C)c2c(=O)[nH]c(-c3cc(S(=O)(=O)N(CCCO)Cc4ccccc4)ccc3OCC)nn12. The molecule has 0 aliphatic carbocycles. The average molecular weight is 582 g/mol. The van der Waals surface area contributed by atoms with Gasteiger partial charge in [-0.2, -0.15) is 4.31 Å². The van der Waals surface area contributed by atoms with E-state index in [-0.39, 0.29) is 36.0 Å². The fraction of sp³-hybridized carbons (Fsp3) is 0.433. The first-order chi connectivity index (χ1) is 19.8. The number of rotatable bonds is 15. The Labute approximate surface area is 241 Å². The zero-order valence-electron chi connectivity index (χ0n) is 24.0. The first-order valence-electron chi connectivity index (χ1n) is 14.2. The number of sulfonamides is 1. The van der Waals surface area contributed by atoms with Gasteiger partial charge in [-0.3, -0.25) is 4.79 Å². The molecule has 0 fully saturated rings. The fourth-order valence-corrected chi connectivity index (χ4v) is 6.33. The quantitative estimate of drug-likeness (QED) is 0.198. The van der Waals surface area contributed by atoms with E-state index >= 15 is 0 Å². The number of fused-ring (bicyclic) bond motifs is 1. The fourth-order valence-electron chi connectivity index (χ4n) is 4.83. The predicted molar refractivity (Wildman–Crippen MR) is 159 cm³/mol. The van der Waals surface area contributed by atoms with Gasteiger partial charge in [-0.25, -0.2) is 17.9 Å². The van der Waals surface area contributed by atoms with Crippen molar-refractivity contribution in [2.24, 2.45) is 0 Å². The summed E-state index contributed by atoms with van der Waals surface area (Å²) in [4.78, 5) is 20.7. The molecule has 0 saturated heterocycles. The zero-order valence-corrected chi connectivity index (χ0v) is 24.8. The van der Waals surface area contributed by atoms with Gasteiger partial charge in [0.15, 0.2) is 11.3 Å². The van der Waals surface area contributed by atoms with E-state index in [0.29, 0.717) is 47.8 Å². The lowest BCUT2D eigenvalue weighted by Gasteiger charge is -2.23. The van der Waals surface area contributed by atoms with Gasteiger partial charge in [0.2, 0.25) is 10.0 Å². The number of nitrogens with zero attached hydrogens (tertiary/aromatic N) is 4. The van der Waals surface area contributed by atoms with E-state index in [1.807, 2.05) is 37.3 Å². The van der Waals surface area contributed by atoms with Crippen LogP contribution in [0.2, 0.25) is 0 Å². The monoisotopic (exact) mass is 581 g/mol. The predicted octanol–water partition coefficient (Wildman–Crippen LogP) is 4.49. The van der Waals surface area contributed by atoms with Crippen molar-refractivity contribution in [3.63, 3.8) is 0 Å². The van der Waals surface area contributed by atoms with Crippen molar-refractivity contribution < 1.29 is 18.3 Å². The molecule has 2 aromatic carbocycles. The van der Waals surface area contributed by atoms with Gasteiger partial charge in [0.25, 0.3) is 5.56 Å². The van der Waals surface area contributed by atoms with Crippen LogP contribution in [0.25, 0.3) is 16.9 Å². The molecular weight excluding hydrogens is 542 g/mol. The summed E-state index contributed by atoms with van der Waals surface area (Å²) >= 11 is 0. The van der Waals surface area contributed by atoms with Crippen LogP contribution in [0.3, 0.4) is 0 Å². The third kappa shape index (κ3) is 7.03. The highest BCUT2D eigenvalue weighted by Gasteiger charge is 2.27. The normalized spacial score (nSPS) is 11.9. The first-order valence-corrected chi connectivity index (χ1v) is 15.6. The van der Waals surface area contributed by atoms with Crippen molar-refractivity contribution in [2.45, 2.75) is 70.7 Å². The third-order valence-corrected chi connectivity index (χ3v) is 8.75. The molecule has 0 unspecified atom stereocenters. The largest absolute Gasteiger partial charge is 0.493 e. The molecule has 10 nitrogen and oxygen atoms in total. The van der Waals surface area contributed by atoms with Gasteiger partial charge in [0, 0.05) is 26.1 Å². The lowest BCUT2D eigenvalue weighted by atomic mass is 10.1. The summed E-state index contributed by atoms with van der Waals surface area (Å²) < 4.78 is 36.6. The van der Waals surface area contributed by atoms with E-state index in [4.69, 9.17) is 9.84 Å². The number of aliphatic hydroxyl groups is 1. The maximum Gasteiger partial charge on any atom is 0.277 e. The molecule has 0 aliphatic rings. The maximum atomic E-state index is 13.9. The summed E-state index contributed by atoms with van der Waals surface area (Å²) in [5.74, 6) is 1.29. The molecule has 0 radical (unpaired) electrons. The minimum absolute atomic E-state index is 0.0363. The molecule has 2 heterocycles. The number of nitrogens with one attached hydrogen (secondary N) is 1. The van der Waals surface area contributed by atoms with E-state index < -0.39 is 10.0 Å². The van der Waals surface area contributed by atoms with E-state index in [0.717, 1.165) is 31.2 Å². The summed E-state index contributed by atoms with van der Waals surface area (Å²) in [6.07, 6.45) is 5.20. The number of aryl methyl sites for hydroxylation is 2. The van der Waals surface area contributed by atoms with Gasteiger partial charge < -0.3 is 14.8 Å². The third-order valence-electron chi connectivity index (χ3n) is 6.91. The number of hydrogen-bond donors (Lipinski definition) is 2. The summed E-state index contributed by atoms with van der Waals surface area (Å²) in [7, 11) is -3.98. The molecule has 0 saturated carbocycles. The minimum Gasteiger partial charge on any atom is -0.493 e. The number of hydrogen-bond acceptors (Lipinski definition) is 7. The van der Waals surface area contributed by atoms with Crippen LogP contribution in [0.1, 0.15) is 63.0 Å².